The average molecular weight is 274 g/mol. The first-order valence-electron chi connectivity index (χ1n) is 4.71. The Hall–Kier alpha value is -0.740. The average Bonchev–Trinajstić information content (AvgIpc) is 2.26. The van der Waals surface area contributed by atoms with Crippen molar-refractivity contribution in [3.8, 4) is 11.5 Å². The van der Waals surface area contributed by atoms with E-state index in [4.69, 9.17) is 9.47 Å². The standard InChI is InChI=1S/C11H16BrNO2/c1-8-10(14-2)5-4-9(6-13-7-12)11(8)15-3/h4-5,13H,6-7H2,1-3H3. The van der Waals surface area contributed by atoms with Crippen molar-refractivity contribution < 1.29 is 9.47 Å². The van der Waals surface area contributed by atoms with Gasteiger partial charge < -0.3 is 14.8 Å². The molecule has 0 aliphatic carbocycles. The molecule has 0 heterocycles. The van der Waals surface area contributed by atoms with E-state index in [-0.39, 0.29) is 0 Å². The second kappa shape index (κ2) is 5.98. The molecule has 0 bridgehead atoms. The van der Waals surface area contributed by atoms with Gasteiger partial charge in [0.05, 0.1) is 19.7 Å². The van der Waals surface area contributed by atoms with E-state index >= 15 is 0 Å². The molecule has 1 aromatic carbocycles. The fourth-order valence-electron chi connectivity index (χ4n) is 1.56. The highest BCUT2D eigenvalue weighted by atomic mass is 79.9. The zero-order chi connectivity index (χ0) is 11.3. The molecule has 0 aliphatic heterocycles. The first-order chi connectivity index (χ1) is 7.24. The van der Waals surface area contributed by atoms with Crippen LogP contribution in [-0.4, -0.2) is 19.7 Å². The van der Waals surface area contributed by atoms with Crippen molar-refractivity contribution in [2.24, 2.45) is 0 Å². The number of nitrogens with one attached hydrogen (secondary N) is 1. The lowest BCUT2D eigenvalue weighted by molar-refractivity contribution is 0.384. The number of halogens is 1. The molecule has 0 spiro atoms. The molecular weight excluding hydrogens is 258 g/mol. The van der Waals surface area contributed by atoms with Crippen molar-refractivity contribution in [1.82, 2.24) is 5.32 Å². The normalized spacial score (nSPS) is 10.1. The van der Waals surface area contributed by atoms with Gasteiger partial charge in [0.1, 0.15) is 11.5 Å². The summed E-state index contributed by atoms with van der Waals surface area (Å²) in [5.74, 6) is 1.75. The molecule has 84 valence electrons. The van der Waals surface area contributed by atoms with Gasteiger partial charge >= 0.3 is 0 Å². The molecule has 0 saturated heterocycles. The van der Waals surface area contributed by atoms with Gasteiger partial charge in [-0.2, -0.15) is 0 Å². The van der Waals surface area contributed by atoms with Crippen LogP contribution >= 0.6 is 15.9 Å². The highest BCUT2D eigenvalue weighted by Gasteiger charge is 2.10. The van der Waals surface area contributed by atoms with Gasteiger partial charge in [0.2, 0.25) is 0 Å². The Labute approximate surface area is 98.9 Å². The second-order valence-electron chi connectivity index (χ2n) is 3.15. The summed E-state index contributed by atoms with van der Waals surface area (Å²) in [6.07, 6.45) is 0. The Balaban J connectivity index is 3.01. The molecule has 3 nitrogen and oxygen atoms in total. The molecule has 0 aromatic heterocycles. The third-order valence-electron chi connectivity index (χ3n) is 2.27. The van der Waals surface area contributed by atoms with Crippen LogP contribution < -0.4 is 14.8 Å². The summed E-state index contributed by atoms with van der Waals surface area (Å²) in [5.41, 5.74) is 2.94. The molecule has 0 amide bonds. The summed E-state index contributed by atoms with van der Waals surface area (Å²) in [6, 6.07) is 3.98. The Morgan fingerprint density at radius 1 is 1.27 bits per heavy atom. The third kappa shape index (κ3) is 2.86. The highest BCUT2D eigenvalue weighted by molar-refractivity contribution is 9.09. The zero-order valence-electron chi connectivity index (χ0n) is 9.26. The number of ether oxygens (including phenoxy) is 2. The van der Waals surface area contributed by atoms with Crippen molar-refractivity contribution in [2.75, 3.05) is 19.7 Å². The molecule has 0 fully saturated rings. The Morgan fingerprint density at radius 2 is 2.00 bits per heavy atom. The van der Waals surface area contributed by atoms with Gasteiger partial charge in [-0.25, -0.2) is 0 Å². The van der Waals surface area contributed by atoms with Crippen molar-refractivity contribution in [3.63, 3.8) is 0 Å². The van der Waals surface area contributed by atoms with E-state index in [0.717, 1.165) is 34.6 Å². The zero-order valence-corrected chi connectivity index (χ0v) is 10.8. The van der Waals surface area contributed by atoms with Crippen LogP contribution in [0.25, 0.3) is 0 Å². The van der Waals surface area contributed by atoms with Crippen LogP contribution in [0.4, 0.5) is 0 Å². The lowest BCUT2D eigenvalue weighted by Crippen LogP contribution is -2.11. The van der Waals surface area contributed by atoms with Crippen molar-refractivity contribution >= 4 is 15.9 Å². The van der Waals surface area contributed by atoms with E-state index < -0.39 is 0 Å². The van der Waals surface area contributed by atoms with Gasteiger partial charge in [-0.15, -0.1) is 0 Å². The summed E-state index contributed by atoms with van der Waals surface area (Å²) in [6.45, 7) is 2.77. The first kappa shape index (κ1) is 12.3. The molecule has 15 heavy (non-hydrogen) atoms. The maximum Gasteiger partial charge on any atom is 0.129 e. The summed E-state index contributed by atoms with van der Waals surface area (Å²) < 4.78 is 10.6. The van der Waals surface area contributed by atoms with E-state index in [1.165, 1.54) is 0 Å². The van der Waals surface area contributed by atoms with Crippen molar-refractivity contribution in [2.45, 2.75) is 13.5 Å². The molecule has 0 saturated carbocycles. The van der Waals surface area contributed by atoms with E-state index in [9.17, 15) is 0 Å². The minimum atomic E-state index is 0.765. The predicted octanol–water partition coefficient (Wildman–Crippen LogP) is 2.45. The Kier molecular flexibility index (Phi) is 4.91. The number of hydrogen-bond donors (Lipinski definition) is 1. The number of alkyl halides is 1. The van der Waals surface area contributed by atoms with Gasteiger partial charge in [0.25, 0.3) is 0 Å². The van der Waals surface area contributed by atoms with Crippen LogP contribution in [-0.2, 0) is 6.54 Å². The maximum absolute atomic E-state index is 5.38. The lowest BCUT2D eigenvalue weighted by Gasteiger charge is -2.14. The quantitative estimate of drug-likeness (QED) is 0.661. The predicted molar refractivity (Wildman–Crippen MR) is 64.9 cm³/mol. The maximum atomic E-state index is 5.38. The van der Waals surface area contributed by atoms with E-state index in [1.54, 1.807) is 14.2 Å². The van der Waals surface area contributed by atoms with Crippen molar-refractivity contribution in [1.29, 1.82) is 0 Å². The topological polar surface area (TPSA) is 30.5 Å². The molecular formula is C11H16BrNO2. The third-order valence-corrected chi connectivity index (χ3v) is 2.67. The largest absolute Gasteiger partial charge is 0.496 e. The van der Waals surface area contributed by atoms with E-state index in [1.807, 2.05) is 19.1 Å². The van der Waals surface area contributed by atoms with Crippen LogP contribution in [0.1, 0.15) is 11.1 Å². The smallest absolute Gasteiger partial charge is 0.129 e. The molecule has 1 N–H and O–H groups in total. The molecule has 0 aliphatic rings. The van der Waals surface area contributed by atoms with Gasteiger partial charge in [-0.1, -0.05) is 22.0 Å². The number of rotatable bonds is 5. The Morgan fingerprint density at radius 3 is 2.53 bits per heavy atom. The van der Waals surface area contributed by atoms with Gasteiger partial charge in [0, 0.05) is 17.7 Å². The minimum Gasteiger partial charge on any atom is -0.496 e. The summed E-state index contributed by atoms with van der Waals surface area (Å²) in [7, 11) is 3.34. The molecule has 0 radical (unpaired) electrons. The van der Waals surface area contributed by atoms with E-state index in [0.29, 0.717) is 0 Å². The minimum absolute atomic E-state index is 0.765. The highest BCUT2D eigenvalue weighted by Crippen LogP contribution is 2.31. The first-order valence-corrected chi connectivity index (χ1v) is 5.83. The summed E-state index contributed by atoms with van der Waals surface area (Å²) in [5, 5.41) is 3.20. The van der Waals surface area contributed by atoms with Gasteiger partial charge in [-0.05, 0) is 13.0 Å². The van der Waals surface area contributed by atoms with Crippen LogP contribution in [0.3, 0.4) is 0 Å². The SMILES string of the molecule is COc1ccc(CNCBr)c(OC)c1C. The number of methoxy groups -OCH3 is 2. The molecule has 0 unspecified atom stereocenters. The van der Waals surface area contributed by atoms with E-state index in [2.05, 4.69) is 21.2 Å². The van der Waals surface area contributed by atoms with Crippen LogP contribution in [0, 0.1) is 6.92 Å². The monoisotopic (exact) mass is 273 g/mol. The Bertz CT molecular complexity index is 329. The lowest BCUT2D eigenvalue weighted by atomic mass is 10.1. The fraction of sp³-hybridized carbons (Fsp3) is 0.455. The molecule has 0 atom stereocenters. The van der Waals surface area contributed by atoms with Crippen molar-refractivity contribution in [3.05, 3.63) is 23.3 Å². The molecule has 1 rings (SSSR count). The number of benzene rings is 1. The number of hydrogen-bond acceptors (Lipinski definition) is 3. The van der Waals surface area contributed by atoms with Gasteiger partial charge in [-0.3, -0.25) is 0 Å². The molecule has 4 heteroatoms. The summed E-state index contributed by atoms with van der Waals surface area (Å²) in [4.78, 5) is 0. The van der Waals surface area contributed by atoms with Crippen LogP contribution in [0.15, 0.2) is 12.1 Å². The van der Waals surface area contributed by atoms with Crippen LogP contribution in [0.2, 0.25) is 0 Å². The second-order valence-corrected chi connectivity index (χ2v) is 3.71. The fourth-order valence-corrected chi connectivity index (χ4v) is 1.75. The van der Waals surface area contributed by atoms with Crippen LogP contribution in [0.5, 0.6) is 11.5 Å². The molecule has 1 aromatic rings. The summed E-state index contributed by atoms with van der Waals surface area (Å²) >= 11 is 3.32. The van der Waals surface area contributed by atoms with Gasteiger partial charge in [0.15, 0.2) is 0 Å².